The third-order valence-electron chi connectivity index (χ3n) is 2.77. The van der Waals surface area contributed by atoms with E-state index in [4.69, 9.17) is 10.9 Å². The highest BCUT2D eigenvalue weighted by Gasteiger charge is 2.11. The van der Waals surface area contributed by atoms with Gasteiger partial charge in [-0.2, -0.15) is 0 Å². The van der Waals surface area contributed by atoms with Gasteiger partial charge >= 0.3 is 0 Å². The first-order valence-electron chi connectivity index (χ1n) is 6.68. The van der Waals surface area contributed by atoms with Crippen LogP contribution in [0.1, 0.15) is 25.0 Å². The zero-order chi connectivity index (χ0) is 15.8. The highest BCUT2D eigenvalue weighted by Crippen LogP contribution is 2.12. The van der Waals surface area contributed by atoms with Crippen molar-refractivity contribution in [3.05, 3.63) is 35.1 Å². The van der Waals surface area contributed by atoms with Crippen LogP contribution in [0.5, 0.6) is 0 Å². The van der Waals surface area contributed by atoms with Crippen molar-refractivity contribution in [1.29, 1.82) is 0 Å². The molecule has 0 unspecified atom stereocenters. The molecule has 116 valence electrons. The topological polar surface area (TPSA) is 99.7 Å². The number of benzene rings is 1. The van der Waals surface area contributed by atoms with Gasteiger partial charge in [0.2, 0.25) is 5.91 Å². The van der Waals surface area contributed by atoms with Gasteiger partial charge in [-0.1, -0.05) is 31.1 Å². The van der Waals surface area contributed by atoms with Gasteiger partial charge in [0.05, 0.1) is 12.1 Å². The molecule has 0 spiro atoms. The number of nitrogens with zero attached hydrogens (tertiary/aromatic N) is 1. The Morgan fingerprint density at radius 3 is 2.81 bits per heavy atom. The number of hydrogen-bond donors (Lipinski definition) is 4. The van der Waals surface area contributed by atoms with E-state index in [1.165, 1.54) is 6.07 Å². The zero-order valence-corrected chi connectivity index (χ0v) is 12.2. The van der Waals surface area contributed by atoms with E-state index in [-0.39, 0.29) is 30.4 Å². The molecule has 21 heavy (non-hydrogen) atoms. The summed E-state index contributed by atoms with van der Waals surface area (Å²) in [4.78, 5) is 11.5. The van der Waals surface area contributed by atoms with Crippen LogP contribution in [-0.4, -0.2) is 30.0 Å². The first kappa shape index (κ1) is 16.9. The number of nitrogens with one attached hydrogen (secondary N) is 2. The summed E-state index contributed by atoms with van der Waals surface area (Å²) in [6, 6.07) is 4.60. The maximum absolute atomic E-state index is 14.1. The molecular weight excluding hydrogens is 275 g/mol. The normalized spacial score (nSPS) is 11.7. The molecule has 0 aliphatic rings. The summed E-state index contributed by atoms with van der Waals surface area (Å²) in [6.07, 6.45) is 0. The maximum Gasteiger partial charge on any atom is 0.233 e. The summed E-state index contributed by atoms with van der Waals surface area (Å²) < 4.78 is 14.1. The van der Waals surface area contributed by atoms with Crippen LogP contribution in [0.25, 0.3) is 0 Å². The predicted molar refractivity (Wildman–Crippen MR) is 78.5 cm³/mol. The molecule has 0 aliphatic heterocycles. The SMILES string of the molecule is CC(C)CNC(=O)CNCc1cccc(/C(N)=N/O)c1F. The number of carbonyl (C=O) groups is 1. The van der Waals surface area contributed by atoms with Crippen LogP contribution < -0.4 is 16.4 Å². The van der Waals surface area contributed by atoms with Gasteiger partial charge < -0.3 is 21.6 Å². The number of carbonyl (C=O) groups excluding carboxylic acids is 1. The summed E-state index contributed by atoms with van der Waals surface area (Å²) >= 11 is 0. The minimum atomic E-state index is -0.567. The Morgan fingerprint density at radius 1 is 1.48 bits per heavy atom. The number of hydrogen-bond acceptors (Lipinski definition) is 4. The number of amides is 1. The van der Waals surface area contributed by atoms with E-state index >= 15 is 0 Å². The molecule has 0 heterocycles. The van der Waals surface area contributed by atoms with Gasteiger partial charge in [0.15, 0.2) is 5.84 Å². The molecule has 7 heteroatoms. The third kappa shape index (κ3) is 5.39. The summed E-state index contributed by atoms with van der Waals surface area (Å²) in [6.45, 7) is 4.88. The standard InChI is InChI=1S/C14H21FN4O2/c1-9(2)6-18-12(20)8-17-7-10-4-3-5-11(13(10)15)14(16)19-21/h3-5,9,17,21H,6-8H2,1-2H3,(H2,16,19)(H,18,20). The highest BCUT2D eigenvalue weighted by atomic mass is 19.1. The fourth-order valence-electron chi connectivity index (χ4n) is 1.66. The fraction of sp³-hybridized carbons (Fsp3) is 0.429. The molecule has 0 bridgehead atoms. The van der Waals surface area contributed by atoms with E-state index in [9.17, 15) is 9.18 Å². The van der Waals surface area contributed by atoms with Gasteiger partial charge in [0.25, 0.3) is 0 Å². The Hall–Kier alpha value is -2.15. The second kappa shape index (κ2) is 8.21. The molecular formula is C14H21FN4O2. The van der Waals surface area contributed by atoms with Gasteiger partial charge in [-0.3, -0.25) is 4.79 Å². The number of amidine groups is 1. The average molecular weight is 296 g/mol. The van der Waals surface area contributed by atoms with Crippen LogP contribution in [0, 0.1) is 11.7 Å². The first-order valence-corrected chi connectivity index (χ1v) is 6.68. The predicted octanol–water partition coefficient (Wildman–Crippen LogP) is 0.782. The van der Waals surface area contributed by atoms with Crippen molar-refractivity contribution >= 4 is 11.7 Å². The van der Waals surface area contributed by atoms with E-state index in [1.54, 1.807) is 12.1 Å². The Bertz CT molecular complexity index is 518. The van der Waals surface area contributed by atoms with Crippen LogP contribution >= 0.6 is 0 Å². The molecule has 0 atom stereocenters. The Labute approximate surface area is 123 Å². The molecule has 1 aromatic carbocycles. The van der Waals surface area contributed by atoms with E-state index in [1.807, 2.05) is 13.8 Å². The Morgan fingerprint density at radius 2 is 2.19 bits per heavy atom. The van der Waals surface area contributed by atoms with Crippen LogP contribution in [-0.2, 0) is 11.3 Å². The average Bonchev–Trinajstić information content (AvgIpc) is 2.46. The molecule has 6 nitrogen and oxygen atoms in total. The highest BCUT2D eigenvalue weighted by molar-refractivity contribution is 5.97. The monoisotopic (exact) mass is 296 g/mol. The smallest absolute Gasteiger partial charge is 0.233 e. The van der Waals surface area contributed by atoms with Gasteiger partial charge in [-0.15, -0.1) is 0 Å². The Kier molecular flexibility index (Phi) is 6.61. The van der Waals surface area contributed by atoms with Crippen molar-refractivity contribution in [1.82, 2.24) is 10.6 Å². The summed E-state index contributed by atoms with van der Waals surface area (Å²) in [5.74, 6) is -0.618. The largest absolute Gasteiger partial charge is 0.409 e. The van der Waals surface area contributed by atoms with Crippen molar-refractivity contribution in [3.63, 3.8) is 0 Å². The molecule has 1 aromatic rings. The lowest BCUT2D eigenvalue weighted by atomic mass is 10.1. The van der Waals surface area contributed by atoms with E-state index in [0.717, 1.165) is 0 Å². The van der Waals surface area contributed by atoms with Gasteiger partial charge in [-0.05, 0) is 12.0 Å². The van der Waals surface area contributed by atoms with Crippen LogP contribution in [0.3, 0.4) is 0 Å². The van der Waals surface area contributed by atoms with Crippen molar-refractivity contribution in [2.24, 2.45) is 16.8 Å². The molecule has 5 N–H and O–H groups in total. The summed E-state index contributed by atoms with van der Waals surface area (Å²) in [7, 11) is 0. The third-order valence-corrected chi connectivity index (χ3v) is 2.77. The van der Waals surface area contributed by atoms with Crippen molar-refractivity contribution < 1.29 is 14.4 Å². The van der Waals surface area contributed by atoms with Crippen LogP contribution in [0.15, 0.2) is 23.4 Å². The van der Waals surface area contributed by atoms with Gasteiger partial charge in [0.1, 0.15) is 5.82 Å². The number of rotatable bonds is 7. The number of nitrogens with two attached hydrogens (primary N) is 1. The lowest BCUT2D eigenvalue weighted by molar-refractivity contribution is -0.120. The summed E-state index contributed by atoms with van der Waals surface area (Å²) in [5.41, 5.74) is 5.76. The molecule has 0 saturated carbocycles. The molecule has 0 fully saturated rings. The Balaban J connectivity index is 2.55. The minimum Gasteiger partial charge on any atom is -0.409 e. The summed E-state index contributed by atoms with van der Waals surface area (Å²) in [5, 5.41) is 17.0. The second-order valence-corrected chi connectivity index (χ2v) is 5.07. The van der Waals surface area contributed by atoms with E-state index in [2.05, 4.69) is 15.8 Å². The van der Waals surface area contributed by atoms with Crippen molar-refractivity contribution in [3.8, 4) is 0 Å². The molecule has 1 rings (SSSR count). The molecule has 0 radical (unpaired) electrons. The van der Waals surface area contributed by atoms with E-state index < -0.39 is 5.82 Å². The molecule has 0 aliphatic carbocycles. The quantitative estimate of drug-likeness (QED) is 0.258. The molecule has 0 saturated heterocycles. The van der Waals surface area contributed by atoms with Crippen molar-refractivity contribution in [2.75, 3.05) is 13.1 Å². The van der Waals surface area contributed by atoms with Crippen LogP contribution in [0.4, 0.5) is 4.39 Å². The van der Waals surface area contributed by atoms with Crippen LogP contribution in [0.2, 0.25) is 0 Å². The second-order valence-electron chi connectivity index (χ2n) is 5.07. The number of oxime groups is 1. The molecule has 1 amide bonds. The first-order chi connectivity index (χ1) is 9.95. The molecule has 0 aromatic heterocycles. The number of halogens is 1. The zero-order valence-electron chi connectivity index (χ0n) is 12.2. The fourth-order valence-corrected chi connectivity index (χ4v) is 1.66. The van der Waals surface area contributed by atoms with Crippen molar-refractivity contribution in [2.45, 2.75) is 20.4 Å². The van der Waals surface area contributed by atoms with Gasteiger partial charge in [0, 0.05) is 18.7 Å². The lowest BCUT2D eigenvalue weighted by Gasteiger charge is -2.10. The minimum absolute atomic E-state index is 0.0288. The van der Waals surface area contributed by atoms with E-state index in [0.29, 0.717) is 18.0 Å². The van der Waals surface area contributed by atoms with Gasteiger partial charge in [-0.25, -0.2) is 4.39 Å². The lowest BCUT2D eigenvalue weighted by Crippen LogP contribution is -2.35. The maximum atomic E-state index is 14.1.